The molecule has 0 radical (unpaired) electrons. The lowest BCUT2D eigenvalue weighted by Gasteiger charge is -2.15. The van der Waals surface area contributed by atoms with Gasteiger partial charge >= 0.3 is 0 Å². The normalized spacial score (nSPS) is 11.2. The fourth-order valence-corrected chi connectivity index (χ4v) is 2.50. The molecule has 0 unspecified atom stereocenters. The molecule has 124 valence electrons. The van der Waals surface area contributed by atoms with Gasteiger partial charge in [0.1, 0.15) is 0 Å². The van der Waals surface area contributed by atoms with Crippen molar-refractivity contribution < 1.29 is 0 Å². The van der Waals surface area contributed by atoms with Gasteiger partial charge in [0.05, 0.1) is 17.1 Å². The molecule has 25 heavy (non-hydrogen) atoms. The van der Waals surface area contributed by atoms with Crippen LogP contribution < -0.4 is 5.12 Å². The van der Waals surface area contributed by atoms with Crippen molar-refractivity contribution in [3.8, 4) is 11.1 Å². The maximum absolute atomic E-state index is 4.54. The van der Waals surface area contributed by atoms with Crippen LogP contribution in [0.15, 0.2) is 83.1 Å². The summed E-state index contributed by atoms with van der Waals surface area (Å²) in [7, 11) is 0. The van der Waals surface area contributed by atoms with Crippen molar-refractivity contribution in [3.05, 3.63) is 84.2 Å². The lowest BCUT2D eigenvalue weighted by Crippen LogP contribution is -2.12. The Labute approximate surface area is 148 Å². The topological polar surface area (TPSA) is 40.9 Å². The fraction of sp³-hybridized carbons (Fsp3) is 0.0952. The quantitative estimate of drug-likeness (QED) is 0.493. The smallest absolute Gasteiger partial charge is 0.0862 e. The van der Waals surface area contributed by atoms with E-state index in [-0.39, 0.29) is 0 Å². The van der Waals surface area contributed by atoms with E-state index in [1.54, 1.807) is 6.20 Å². The van der Waals surface area contributed by atoms with Gasteiger partial charge in [0.2, 0.25) is 0 Å². The summed E-state index contributed by atoms with van der Waals surface area (Å²) in [6, 6.07) is 22.3. The van der Waals surface area contributed by atoms with Gasteiger partial charge in [-0.1, -0.05) is 48.0 Å². The highest BCUT2D eigenvalue weighted by Crippen LogP contribution is 2.25. The van der Waals surface area contributed by atoms with Gasteiger partial charge in [0.15, 0.2) is 0 Å². The maximum Gasteiger partial charge on any atom is 0.0862 e. The molecule has 4 nitrogen and oxygen atoms in total. The molecule has 0 saturated heterocycles. The van der Waals surface area contributed by atoms with Crippen molar-refractivity contribution in [3.63, 3.8) is 0 Å². The second kappa shape index (κ2) is 7.53. The van der Waals surface area contributed by atoms with Crippen LogP contribution in [0.5, 0.6) is 0 Å². The average molecular weight is 328 g/mol. The minimum absolute atomic E-state index is 0.772. The molecule has 0 amide bonds. The SMILES string of the molecule is C=NN(/N=C(\C)c1ccccn1)c1cccc(-c2ccc(C)cc2)c1. The van der Waals surface area contributed by atoms with Gasteiger partial charge in [0, 0.05) is 12.9 Å². The Morgan fingerprint density at radius 3 is 2.44 bits per heavy atom. The van der Waals surface area contributed by atoms with Crippen molar-refractivity contribution >= 4 is 18.1 Å². The molecule has 3 rings (SSSR count). The summed E-state index contributed by atoms with van der Waals surface area (Å²) < 4.78 is 0. The van der Waals surface area contributed by atoms with E-state index in [1.165, 1.54) is 10.7 Å². The Morgan fingerprint density at radius 2 is 1.76 bits per heavy atom. The molecule has 0 N–H and O–H groups in total. The van der Waals surface area contributed by atoms with E-state index in [4.69, 9.17) is 0 Å². The Hall–Kier alpha value is -3.27. The molecule has 0 aliphatic rings. The fourth-order valence-electron chi connectivity index (χ4n) is 2.50. The molecule has 0 spiro atoms. The van der Waals surface area contributed by atoms with Gasteiger partial charge in [0.25, 0.3) is 0 Å². The van der Waals surface area contributed by atoms with Gasteiger partial charge in [-0.05, 0) is 49.2 Å². The van der Waals surface area contributed by atoms with Gasteiger partial charge in [-0.2, -0.15) is 15.3 Å². The van der Waals surface area contributed by atoms with Crippen LogP contribution in [-0.2, 0) is 0 Å². The zero-order valence-electron chi connectivity index (χ0n) is 14.4. The molecule has 0 aliphatic heterocycles. The number of aryl methyl sites for hydroxylation is 1. The summed E-state index contributed by atoms with van der Waals surface area (Å²) in [5.74, 6) is 0. The van der Waals surface area contributed by atoms with E-state index in [0.29, 0.717) is 0 Å². The first-order valence-electron chi connectivity index (χ1n) is 8.08. The number of benzene rings is 2. The number of nitrogens with zero attached hydrogens (tertiary/aromatic N) is 4. The number of hydrazone groups is 2. The minimum Gasteiger partial charge on any atom is -0.255 e. The zero-order valence-corrected chi connectivity index (χ0v) is 14.4. The number of anilines is 1. The van der Waals surface area contributed by atoms with Crippen molar-refractivity contribution in [2.24, 2.45) is 10.2 Å². The molecule has 0 aliphatic carbocycles. The minimum atomic E-state index is 0.772. The van der Waals surface area contributed by atoms with E-state index >= 15 is 0 Å². The van der Waals surface area contributed by atoms with E-state index in [2.05, 4.69) is 65.2 Å². The van der Waals surface area contributed by atoms with Crippen LogP contribution in [0.1, 0.15) is 18.2 Å². The highest BCUT2D eigenvalue weighted by Gasteiger charge is 2.07. The molecule has 1 aromatic heterocycles. The number of pyridine rings is 1. The van der Waals surface area contributed by atoms with Crippen molar-refractivity contribution in [1.82, 2.24) is 4.98 Å². The third kappa shape index (κ3) is 3.98. The predicted octanol–water partition coefficient (Wildman–Crippen LogP) is 4.90. The van der Waals surface area contributed by atoms with Gasteiger partial charge < -0.3 is 0 Å². The summed E-state index contributed by atoms with van der Waals surface area (Å²) in [5.41, 5.74) is 5.94. The molecular weight excluding hydrogens is 308 g/mol. The molecule has 3 aromatic rings. The first-order valence-corrected chi connectivity index (χ1v) is 8.08. The summed E-state index contributed by atoms with van der Waals surface area (Å²) in [6.45, 7) is 7.64. The third-order valence-corrected chi connectivity index (χ3v) is 3.88. The molecule has 0 atom stereocenters. The predicted molar refractivity (Wildman–Crippen MR) is 105 cm³/mol. The largest absolute Gasteiger partial charge is 0.255 e. The monoisotopic (exact) mass is 328 g/mol. The molecule has 2 aromatic carbocycles. The summed E-state index contributed by atoms with van der Waals surface area (Å²) in [6.07, 6.45) is 1.75. The zero-order chi connectivity index (χ0) is 17.6. The number of hydrogen-bond donors (Lipinski definition) is 0. The lowest BCUT2D eigenvalue weighted by molar-refractivity contribution is 0.932. The van der Waals surface area contributed by atoms with Crippen molar-refractivity contribution in [1.29, 1.82) is 0 Å². The number of hydrogen-bond acceptors (Lipinski definition) is 4. The van der Waals surface area contributed by atoms with Crippen molar-refractivity contribution in [2.75, 3.05) is 5.12 Å². The lowest BCUT2D eigenvalue weighted by atomic mass is 10.0. The van der Waals surface area contributed by atoms with E-state index in [1.807, 2.05) is 37.3 Å². The van der Waals surface area contributed by atoms with Gasteiger partial charge in [-0.25, -0.2) is 0 Å². The Kier molecular flexibility index (Phi) is 5.00. The Balaban J connectivity index is 1.92. The second-order valence-electron chi connectivity index (χ2n) is 5.75. The summed E-state index contributed by atoms with van der Waals surface area (Å²) in [4.78, 5) is 4.31. The van der Waals surface area contributed by atoms with Crippen LogP contribution in [0.2, 0.25) is 0 Å². The highest BCUT2D eigenvalue weighted by molar-refractivity contribution is 5.97. The van der Waals surface area contributed by atoms with Crippen LogP contribution in [0.4, 0.5) is 5.69 Å². The molecule has 0 saturated carbocycles. The molecular formula is C21H20N4. The van der Waals surface area contributed by atoms with E-state index in [0.717, 1.165) is 28.2 Å². The summed E-state index contributed by atoms with van der Waals surface area (Å²) >= 11 is 0. The van der Waals surface area contributed by atoms with Crippen LogP contribution in [0.25, 0.3) is 11.1 Å². The maximum atomic E-state index is 4.54. The number of rotatable bonds is 5. The second-order valence-corrected chi connectivity index (χ2v) is 5.75. The van der Waals surface area contributed by atoms with Crippen LogP contribution in [0.3, 0.4) is 0 Å². The van der Waals surface area contributed by atoms with Gasteiger partial charge in [-0.3, -0.25) is 4.98 Å². The van der Waals surface area contributed by atoms with E-state index in [9.17, 15) is 0 Å². The Bertz CT molecular complexity index is 883. The molecule has 0 bridgehead atoms. The summed E-state index contributed by atoms with van der Waals surface area (Å²) in [5, 5.41) is 10.1. The molecule has 4 heteroatoms. The van der Waals surface area contributed by atoms with Crippen LogP contribution >= 0.6 is 0 Å². The van der Waals surface area contributed by atoms with E-state index < -0.39 is 0 Å². The highest BCUT2D eigenvalue weighted by atomic mass is 15.7. The third-order valence-electron chi connectivity index (χ3n) is 3.88. The van der Waals surface area contributed by atoms with Crippen LogP contribution in [-0.4, -0.2) is 17.4 Å². The first kappa shape index (κ1) is 16.6. The standard InChI is InChI=1S/C21H20N4/c1-16-10-12-18(13-11-16)19-7-6-8-20(15-19)25(22-3)24-17(2)21-9-4-5-14-23-21/h4-15H,3H2,1-2H3/b24-17+. The average Bonchev–Trinajstić information content (AvgIpc) is 2.67. The molecule has 0 fully saturated rings. The van der Waals surface area contributed by atoms with Gasteiger partial charge in [-0.15, -0.1) is 0 Å². The van der Waals surface area contributed by atoms with Crippen LogP contribution in [0, 0.1) is 6.92 Å². The van der Waals surface area contributed by atoms with Crippen molar-refractivity contribution in [2.45, 2.75) is 13.8 Å². The molecule has 1 heterocycles. The number of aromatic nitrogens is 1. The Morgan fingerprint density at radius 1 is 0.960 bits per heavy atom. The first-order chi connectivity index (χ1) is 12.2.